The van der Waals surface area contributed by atoms with Gasteiger partial charge in [-0.15, -0.1) is 0 Å². The van der Waals surface area contributed by atoms with E-state index in [-0.39, 0.29) is 6.03 Å². The highest BCUT2D eigenvalue weighted by atomic mass is 16.2. The van der Waals surface area contributed by atoms with Gasteiger partial charge in [0.2, 0.25) is 0 Å². The Balaban J connectivity index is 1.74. The van der Waals surface area contributed by atoms with Gasteiger partial charge in [0.1, 0.15) is 0 Å². The standard InChI is InChI=1S/C26H46N2O/c1-2-3-4-5-6-7-8-9-10-11-12-13-14-15-16-20-23-27-26(29)28-24-25-21-18-17-19-22-25/h17-19,21-22H,2-16,20,23-24H2,1H3,(H2,27,28,29). The number of urea groups is 1. The Hall–Kier alpha value is -1.51. The van der Waals surface area contributed by atoms with Crippen molar-refractivity contribution in [2.45, 2.75) is 116 Å². The molecule has 0 bridgehead atoms. The van der Waals surface area contributed by atoms with E-state index >= 15 is 0 Å². The van der Waals surface area contributed by atoms with Gasteiger partial charge >= 0.3 is 6.03 Å². The van der Waals surface area contributed by atoms with E-state index in [1.54, 1.807) is 0 Å². The van der Waals surface area contributed by atoms with Gasteiger partial charge in [-0.3, -0.25) is 0 Å². The van der Waals surface area contributed by atoms with Gasteiger partial charge in [0, 0.05) is 13.1 Å². The van der Waals surface area contributed by atoms with Crippen LogP contribution in [0.2, 0.25) is 0 Å². The molecule has 0 spiro atoms. The summed E-state index contributed by atoms with van der Waals surface area (Å²) in [6.45, 7) is 3.65. The average molecular weight is 403 g/mol. The Morgan fingerprint density at radius 2 is 1.07 bits per heavy atom. The number of hydrogen-bond donors (Lipinski definition) is 2. The van der Waals surface area contributed by atoms with E-state index in [2.05, 4.69) is 17.6 Å². The van der Waals surface area contributed by atoms with E-state index < -0.39 is 0 Å². The van der Waals surface area contributed by atoms with Crippen LogP contribution in [0.15, 0.2) is 30.3 Å². The van der Waals surface area contributed by atoms with Gasteiger partial charge in [0.25, 0.3) is 0 Å². The molecule has 1 aromatic rings. The average Bonchev–Trinajstić information content (AvgIpc) is 2.75. The second-order valence-corrected chi connectivity index (χ2v) is 8.40. The minimum atomic E-state index is -0.0604. The van der Waals surface area contributed by atoms with E-state index in [0.29, 0.717) is 6.54 Å². The molecule has 0 saturated heterocycles. The maximum absolute atomic E-state index is 11.8. The highest BCUT2D eigenvalue weighted by Gasteiger charge is 1.99. The zero-order chi connectivity index (χ0) is 20.8. The van der Waals surface area contributed by atoms with E-state index in [1.165, 1.54) is 96.3 Å². The minimum absolute atomic E-state index is 0.0604. The fourth-order valence-electron chi connectivity index (χ4n) is 3.72. The van der Waals surface area contributed by atoms with E-state index in [4.69, 9.17) is 0 Å². The van der Waals surface area contributed by atoms with Crippen LogP contribution in [-0.4, -0.2) is 12.6 Å². The fraction of sp³-hybridized carbons (Fsp3) is 0.731. The van der Waals surface area contributed by atoms with Crippen molar-refractivity contribution in [2.24, 2.45) is 0 Å². The molecule has 0 saturated carbocycles. The van der Waals surface area contributed by atoms with E-state index in [1.807, 2.05) is 30.3 Å². The normalized spacial score (nSPS) is 10.8. The molecule has 0 atom stereocenters. The van der Waals surface area contributed by atoms with Crippen LogP contribution in [0.1, 0.15) is 115 Å². The minimum Gasteiger partial charge on any atom is -0.338 e. The second kappa shape index (κ2) is 19.8. The molecule has 0 aromatic heterocycles. The molecule has 2 amide bonds. The van der Waals surface area contributed by atoms with Crippen LogP contribution < -0.4 is 10.6 Å². The predicted molar refractivity (Wildman–Crippen MR) is 126 cm³/mol. The molecule has 0 aliphatic heterocycles. The number of rotatable bonds is 19. The van der Waals surface area contributed by atoms with Crippen molar-refractivity contribution in [1.29, 1.82) is 0 Å². The van der Waals surface area contributed by atoms with Crippen LogP contribution in [0.25, 0.3) is 0 Å². The number of benzene rings is 1. The number of amides is 2. The topological polar surface area (TPSA) is 41.1 Å². The van der Waals surface area contributed by atoms with Gasteiger partial charge < -0.3 is 10.6 Å². The number of carbonyl (C=O) groups is 1. The third kappa shape index (κ3) is 17.1. The van der Waals surface area contributed by atoms with Crippen molar-refractivity contribution in [3.05, 3.63) is 35.9 Å². The van der Waals surface area contributed by atoms with Gasteiger partial charge in [-0.1, -0.05) is 134 Å². The zero-order valence-corrected chi connectivity index (χ0v) is 19.0. The summed E-state index contributed by atoms with van der Waals surface area (Å²) >= 11 is 0. The Kier molecular flexibility index (Phi) is 17.4. The predicted octanol–water partition coefficient (Wildman–Crippen LogP) is 7.75. The Bertz CT molecular complexity index is 475. The maximum atomic E-state index is 11.8. The Morgan fingerprint density at radius 1 is 0.621 bits per heavy atom. The van der Waals surface area contributed by atoms with Crippen LogP contribution in [0, 0.1) is 0 Å². The van der Waals surface area contributed by atoms with Gasteiger partial charge in [-0.05, 0) is 12.0 Å². The lowest BCUT2D eigenvalue weighted by Gasteiger charge is -2.07. The summed E-state index contributed by atoms with van der Waals surface area (Å²) in [4.78, 5) is 11.8. The monoisotopic (exact) mass is 402 g/mol. The molecule has 1 rings (SSSR count). The van der Waals surface area contributed by atoms with Crippen LogP contribution in [0.5, 0.6) is 0 Å². The zero-order valence-electron chi connectivity index (χ0n) is 19.0. The van der Waals surface area contributed by atoms with E-state index in [0.717, 1.165) is 18.5 Å². The van der Waals surface area contributed by atoms with Crippen molar-refractivity contribution in [3.8, 4) is 0 Å². The largest absolute Gasteiger partial charge is 0.338 e. The third-order valence-corrected chi connectivity index (χ3v) is 5.61. The summed E-state index contributed by atoms with van der Waals surface area (Å²) < 4.78 is 0. The van der Waals surface area contributed by atoms with Gasteiger partial charge in [0.15, 0.2) is 0 Å². The van der Waals surface area contributed by atoms with Crippen LogP contribution in [0.4, 0.5) is 4.79 Å². The number of carbonyl (C=O) groups excluding carboxylic acids is 1. The first kappa shape index (κ1) is 25.5. The summed E-state index contributed by atoms with van der Waals surface area (Å²) in [6.07, 6.45) is 22.0. The first-order valence-electron chi connectivity index (χ1n) is 12.4. The van der Waals surface area contributed by atoms with Crippen LogP contribution >= 0.6 is 0 Å². The second-order valence-electron chi connectivity index (χ2n) is 8.40. The number of unbranched alkanes of at least 4 members (excludes halogenated alkanes) is 15. The molecule has 0 unspecified atom stereocenters. The molecule has 29 heavy (non-hydrogen) atoms. The highest BCUT2D eigenvalue weighted by Crippen LogP contribution is 2.13. The Labute approximate surface area is 180 Å². The molecule has 3 nitrogen and oxygen atoms in total. The highest BCUT2D eigenvalue weighted by molar-refractivity contribution is 5.73. The summed E-state index contributed by atoms with van der Waals surface area (Å²) in [6, 6.07) is 9.96. The fourth-order valence-corrected chi connectivity index (χ4v) is 3.72. The lowest BCUT2D eigenvalue weighted by Crippen LogP contribution is -2.35. The van der Waals surface area contributed by atoms with Gasteiger partial charge in [-0.25, -0.2) is 4.79 Å². The molecule has 166 valence electrons. The van der Waals surface area contributed by atoms with Crippen molar-refractivity contribution in [1.82, 2.24) is 10.6 Å². The summed E-state index contributed by atoms with van der Waals surface area (Å²) in [5.74, 6) is 0. The van der Waals surface area contributed by atoms with Gasteiger partial charge in [0.05, 0.1) is 0 Å². The molecule has 0 radical (unpaired) electrons. The summed E-state index contributed by atoms with van der Waals surface area (Å²) in [5, 5.41) is 5.86. The van der Waals surface area contributed by atoms with Crippen molar-refractivity contribution in [3.63, 3.8) is 0 Å². The SMILES string of the molecule is CCCCCCCCCCCCCCCCCCNC(=O)NCc1ccccc1. The number of hydrogen-bond acceptors (Lipinski definition) is 1. The van der Waals surface area contributed by atoms with Gasteiger partial charge in [-0.2, -0.15) is 0 Å². The van der Waals surface area contributed by atoms with Crippen molar-refractivity contribution < 1.29 is 4.79 Å². The summed E-state index contributed by atoms with van der Waals surface area (Å²) in [5.41, 5.74) is 1.13. The molecule has 3 heteroatoms. The lowest BCUT2D eigenvalue weighted by atomic mass is 10.0. The third-order valence-electron chi connectivity index (χ3n) is 5.61. The molecular weight excluding hydrogens is 356 g/mol. The first-order chi connectivity index (χ1) is 14.3. The molecular formula is C26H46N2O. The van der Waals surface area contributed by atoms with Crippen LogP contribution in [-0.2, 0) is 6.54 Å². The molecule has 1 aromatic carbocycles. The van der Waals surface area contributed by atoms with Crippen molar-refractivity contribution >= 4 is 6.03 Å². The van der Waals surface area contributed by atoms with Crippen molar-refractivity contribution in [2.75, 3.05) is 6.54 Å². The Morgan fingerprint density at radius 3 is 1.55 bits per heavy atom. The lowest BCUT2D eigenvalue weighted by molar-refractivity contribution is 0.240. The maximum Gasteiger partial charge on any atom is 0.315 e. The first-order valence-corrected chi connectivity index (χ1v) is 12.4. The molecule has 0 heterocycles. The molecule has 2 N–H and O–H groups in total. The molecule has 0 aliphatic rings. The molecule has 0 fully saturated rings. The summed E-state index contributed by atoms with van der Waals surface area (Å²) in [7, 11) is 0. The molecule has 0 aliphatic carbocycles. The van der Waals surface area contributed by atoms with E-state index in [9.17, 15) is 4.79 Å². The quantitative estimate of drug-likeness (QED) is 0.228. The smallest absolute Gasteiger partial charge is 0.315 e. The number of nitrogens with one attached hydrogen (secondary N) is 2. The van der Waals surface area contributed by atoms with Crippen LogP contribution in [0.3, 0.4) is 0 Å².